The lowest BCUT2D eigenvalue weighted by molar-refractivity contribution is -0.883. The van der Waals surface area contributed by atoms with Crippen LogP contribution in [-0.2, 0) is 16.0 Å². The fourth-order valence-electron chi connectivity index (χ4n) is 5.39. The van der Waals surface area contributed by atoms with Crippen molar-refractivity contribution in [3.05, 3.63) is 47.3 Å². The molecule has 1 aromatic carbocycles. The third-order valence-corrected chi connectivity index (χ3v) is 6.90. The summed E-state index contributed by atoms with van der Waals surface area (Å²) in [4.78, 5) is 41.5. The number of imide groups is 2. The molecule has 4 amide bonds. The van der Waals surface area contributed by atoms with Crippen LogP contribution in [0.2, 0.25) is 0 Å². The molecule has 0 aliphatic carbocycles. The first kappa shape index (κ1) is 18.9. The van der Waals surface area contributed by atoms with E-state index in [9.17, 15) is 14.4 Å². The lowest BCUT2D eigenvalue weighted by Crippen LogP contribution is -3.14. The third kappa shape index (κ3) is 2.53. The van der Waals surface area contributed by atoms with E-state index < -0.39 is 23.3 Å². The summed E-state index contributed by atoms with van der Waals surface area (Å²) in [5.41, 5.74) is 3.96. The number of carbonyl (C=O) groups excluding carboxylic acids is 3. The number of aromatic nitrogens is 1. The molecule has 2 atom stereocenters. The second kappa shape index (κ2) is 6.43. The Bertz CT molecular complexity index is 1050. The van der Waals surface area contributed by atoms with E-state index in [1.54, 1.807) is 0 Å². The summed E-state index contributed by atoms with van der Waals surface area (Å²) in [5.74, 6) is -0.990. The molecule has 3 aliphatic rings. The zero-order valence-electron chi connectivity index (χ0n) is 17.4. The molecule has 1 unspecified atom stereocenters. The van der Waals surface area contributed by atoms with Gasteiger partial charge in [0.15, 0.2) is 5.41 Å². The molecule has 5 rings (SSSR count). The highest BCUT2D eigenvalue weighted by atomic mass is 16.2. The zero-order chi connectivity index (χ0) is 21.2. The molecule has 8 nitrogen and oxygen atoms in total. The van der Waals surface area contributed by atoms with Crippen LogP contribution in [0.15, 0.2) is 30.3 Å². The summed E-state index contributed by atoms with van der Waals surface area (Å²) in [6.07, 6.45) is 0.273. The van der Waals surface area contributed by atoms with Crippen LogP contribution in [-0.4, -0.2) is 55.1 Å². The van der Waals surface area contributed by atoms with Gasteiger partial charge in [0.05, 0.1) is 26.7 Å². The molecule has 2 saturated heterocycles. The highest BCUT2D eigenvalue weighted by Gasteiger charge is 2.61. The zero-order valence-corrected chi connectivity index (χ0v) is 17.4. The molecule has 1 spiro atoms. The number of nitrogens with one attached hydrogen (secondary N) is 3. The summed E-state index contributed by atoms with van der Waals surface area (Å²) >= 11 is 0. The minimum absolute atomic E-state index is 0.273. The average molecular weight is 408 g/mol. The van der Waals surface area contributed by atoms with E-state index in [0.717, 1.165) is 41.4 Å². The van der Waals surface area contributed by atoms with Crippen LogP contribution >= 0.6 is 0 Å². The van der Waals surface area contributed by atoms with Crippen molar-refractivity contribution in [2.24, 2.45) is 5.41 Å². The van der Waals surface area contributed by atoms with Gasteiger partial charge in [-0.15, -0.1) is 0 Å². The standard InChI is InChI=1S/C22H25N5O3/c1-13-4-5-14(2)27(13)16-6-7-17-15(10-16)11-22(18-12-25(3)8-9-26(17)18)19(28)23-21(30)24-20(22)29/h4-7,10,18H,8-9,11-12H2,1-3H3,(H2,23,24,28,29,30)/p+1/t18-/m1/s1. The number of likely N-dealkylation sites (N-methyl/N-ethyl adjacent to an activating group) is 1. The molecule has 3 N–H and O–H groups in total. The first-order chi connectivity index (χ1) is 14.3. The first-order valence-corrected chi connectivity index (χ1v) is 10.3. The number of aryl methyl sites for hydroxylation is 2. The van der Waals surface area contributed by atoms with Gasteiger partial charge < -0.3 is 14.4 Å². The molecule has 8 heteroatoms. The number of fused-ring (bicyclic) bond motifs is 4. The monoisotopic (exact) mass is 408 g/mol. The van der Waals surface area contributed by atoms with Gasteiger partial charge in [-0.1, -0.05) is 0 Å². The van der Waals surface area contributed by atoms with Crippen LogP contribution < -0.4 is 20.4 Å². The predicted octanol–water partition coefficient (Wildman–Crippen LogP) is -0.294. The molecule has 2 aromatic rings. The van der Waals surface area contributed by atoms with E-state index in [1.165, 1.54) is 4.90 Å². The van der Waals surface area contributed by atoms with E-state index in [1.807, 2.05) is 0 Å². The fourth-order valence-corrected chi connectivity index (χ4v) is 5.39. The molecule has 2 fully saturated rings. The highest BCUT2D eigenvalue weighted by molar-refractivity contribution is 6.20. The number of rotatable bonds is 1. The van der Waals surface area contributed by atoms with Crippen LogP contribution in [0.4, 0.5) is 10.5 Å². The molecule has 0 bridgehead atoms. The lowest BCUT2D eigenvalue weighted by atomic mass is 9.68. The molecule has 4 heterocycles. The van der Waals surface area contributed by atoms with Crippen molar-refractivity contribution in [2.75, 3.05) is 31.6 Å². The number of benzene rings is 1. The minimum atomic E-state index is -1.32. The van der Waals surface area contributed by atoms with Gasteiger partial charge in [-0.05, 0) is 49.7 Å². The van der Waals surface area contributed by atoms with Gasteiger partial charge in [0.1, 0.15) is 6.04 Å². The second-order valence-electron chi connectivity index (χ2n) is 8.77. The normalized spacial score (nSPS) is 24.9. The van der Waals surface area contributed by atoms with Crippen LogP contribution in [0, 0.1) is 19.3 Å². The molecule has 3 aliphatic heterocycles. The van der Waals surface area contributed by atoms with Gasteiger partial charge in [0.25, 0.3) is 0 Å². The largest absolute Gasteiger partial charge is 0.355 e. The van der Waals surface area contributed by atoms with Crippen molar-refractivity contribution in [2.45, 2.75) is 26.3 Å². The highest BCUT2D eigenvalue weighted by Crippen LogP contribution is 2.43. The average Bonchev–Trinajstić information content (AvgIpc) is 3.03. The maximum Gasteiger partial charge on any atom is 0.328 e. The number of barbiturate groups is 1. The van der Waals surface area contributed by atoms with E-state index in [-0.39, 0.29) is 12.5 Å². The number of amides is 4. The van der Waals surface area contributed by atoms with Gasteiger partial charge in [-0.25, -0.2) is 4.79 Å². The third-order valence-electron chi connectivity index (χ3n) is 6.90. The summed E-state index contributed by atoms with van der Waals surface area (Å²) in [5, 5.41) is 4.72. The summed E-state index contributed by atoms with van der Waals surface area (Å²) in [7, 11) is 2.07. The topological polar surface area (TPSA) is 87.9 Å². The Labute approximate surface area is 174 Å². The number of nitrogens with zero attached hydrogens (tertiary/aromatic N) is 2. The number of piperazine rings is 1. The SMILES string of the molecule is Cc1ccc(C)n1-c1ccc2c(c1)CC1(C(=O)NC(=O)NC1=O)[C@H]1C[NH+](C)CCN21. The van der Waals surface area contributed by atoms with Crippen LogP contribution in [0.25, 0.3) is 5.69 Å². The number of hydrogen-bond donors (Lipinski definition) is 3. The van der Waals surface area contributed by atoms with Gasteiger partial charge in [0, 0.05) is 29.2 Å². The van der Waals surface area contributed by atoms with Crippen molar-refractivity contribution in [1.29, 1.82) is 0 Å². The number of quaternary nitrogens is 1. The molecule has 0 saturated carbocycles. The Morgan fingerprint density at radius 1 is 1.03 bits per heavy atom. The number of hydrogen-bond acceptors (Lipinski definition) is 4. The van der Waals surface area contributed by atoms with Crippen LogP contribution in [0.5, 0.6) is 0 Å². The van der Waals surface area contributed by atoms with Crippen molar-refractivity contribution in [3.8, 4) is 5.69 Å². The molecule has 1 aromatic heterocycles. The lowest BCUT2D eigenvalue weighted by Gasteiger charge is -2.52. The molecule has 0 radical (unpaired) electrons. The van der Waals surface area contributed by atoms with Gasteiger partial charge >= 0.3 is 6.03 Å². The van der Waals surface area contributed by atoms with Gasteiger partial charge in [-0.2, -0.15) is 0 Å². The Hall–Kier alpha value is -3.13. The van der Waals surface area contributed by atoms with Gasteiger partial charge in [0.2, 0.25) is 11.8 Å². The van der Waals surface area contributed by atoms with E-state index in [2.05, 4.69) is 71.3 Å². The number of urea groups is 1. The summed E-state index contributed by atoms with van der Waals surface area (Å²) < 4.78 is 2.16. The minimum Gasteiger partial charge on any atom is -0.355 e. The quantitative estimate of drug-likeness (QED) is 0.566. The van der Waals surface area contributed by atoms with E-state index >= 15 is 0 Å². The number of carbonyl (C=O) groups is 3. The van der Waals surface area contributed by atoms with E-state index in [4.69, 9.17) is 0 Å². The van der Waals surface area contributed by atoms with E-state index in [0.29, 0.717) is 6.54 Å². The Kier molecular flexibility index (Phi) is 4.05. The van der Waals surface area contributed by atoms with Crippen molar-refractivity contribution < 1.29 is 19.3 Å². The van der Waals surface area contributed by atoms with Crippen molar-refractivity contribution >= 4 is 23.5 Å². The summed E-state index contributed by atoms with van der Waals surface area (Å²) in [6, 6.07) is 9.39. The molecular weight excluding hydrogens is 382 g/mol. The van der Waals surface area contributed by atoms with Gasteiger partial charge in [-0.3, -0.25) is 20.2 Å². The number of anilines is 1. The van der Waals surface area contributed by atoms with Crippen LogP contribution in [0.1, 0.15) is 17.0 Å². The summed E-state index contributed by atoms with van der Waals surface area (Å²) in [6.45, 7) is 6.44. The molecule has 30 heavy (non-hydrogen) atoms. The smallest absolute Gasteiger partial charge is 0.328 e. The predicted molar refractivity (Wildman–Crippen MR) is 111 cm³/mol. The Morgan fingerprint density at radius 3 is 2.37 bits per heavy atom. The maximum absolute atomic E-state index is 13.2. The Morgan fingerprint density at radius 2 is 1.70 bits per heavy atom. The van der Waals surface area contributed by atoms with Crippen molar-refractivity contribution in [1.82, 2.24) is 15.2 Å². The van der Waals surface area contributed by atoms with Crippen molar-refractivity contribution in [3.63, 3.8) is 0 Å². The maximum atomic E-state index is 13.2. The van der Waals surface area contributed by atoms with Crippen LogP contribution in [0.3, 0.4) is 0 Å². The Balaban J connectivity index is 1.67. The second-order valence-corrected chi connectivity index (χ2v) is 8.77. The first-order valence-electron chi connectivity index (χ1n) is 10.3. The fraction of sp³-hybridized carbons (Fsp3) is 0.409. The molecule has 156 valence electrons. The molecular formula is C22H26N5O3+.